The van der Waals surface area contributed by atoms with Crippen LogP contribution in [0.1, 0.15) is 0 Å². The van der Waals surface area contributed by atoms with Crippen molar-refractivity contribution < 1.29 is 22.7 Å². The molecule has 0 radical (unpaired) electrons. The van der Waals surface area contributed by atoms with E-state index in [2.05, 4.69) is 15.3 Å². The number of hydrazone groups is 1. The van der Waals surface area contributed by atoms with Gasteiger partial charge in [-0.2, -0.15) is 18.3 Å². The first-order valence-corrected chi connectivity index (χ1v) is 4.54. The zero-order valence-electron chi connectivity index (χ0n) is 8.57. The maximum absolute atomic E-state index is 12.0. The lowest BCUT2D eigenvalue weighted by molar-refractivity contribution is -0.153. The number of aldehydes is 1. The lowest BCUT2D eigenvalue weighted by Crippen LogP contribution is -2.19. The maximum atomic E-state index is 12.0. The van der Waals surface area contributed by atoms with Crippen molar-refractivity contribution in [1.29, 1.82) is 0 Å². The minimum Gasteiger partial charge on any atom is -0.482 e. The number of benzene rings is 1. The number of carbonyl (C=O) groups excluding carboxylic acids is 1. The van der Waals surface area contributed by atoms with Crippen LogP contribution in [0.2, 0.25) is 0 Å². The van der Waals surface area contributed by atoms with Crippen molar-refractivity contribution in [1.82, 2.24) is 0 Å². The van der Waals surface area contributed by atoms with Gasteiger partial charge in [0.25, 0.3) is 0 Å². The summed E-state index contributed by atoms with van der Waals surface area (Å²) in [5, 5.41) is 3.46. The van der Waals surface area contributed by atoms with E-state index in [-0.39, 0.29) is 11.4 Å². The highest BCUT2D eigenvalue weighted by molar-refractivity contribution is 6.13. The number of halogens is 3. The highest BCUT2D eigenvalue weighted by Crippen LogP contribution is 2.26. The molecule has 0 aliphatic heterocycles. The van der Waals surface area contributed by atoms with Gasteiger partial charge in [0, 0.05) is 0 Å². The third kappa shape index (κ3) is 5.01. The average Bonchev–Trinajstić information content (AvgIpc) is 2.27. The molecule has 1 rings (SSSR count). The average molecular weight is 246 g/mol. The molecule has 92 valence electrons. The SMILES string of the molecule is O=C/C=N/Nc1ccccc1OCC(F)(F)F. The molecule has 1 aromatic rings. The Labute approximate surface area is 95.1 Å². The number of anilines is 1. The number of carbonyl (C=O) groups is 1. The van der Waals surface area contributed by atoms with Crippen molar-refractivity contribution in [2.24, 2.45) is 5.10 Å². The standard InChI is InChI=1S/C10H9F3N2O2/c11-10(12,13)7-17-9-4-2-1-3-8(9)15-14-5-6-16/h1-6,15H,7H2/b14-5+. The quantitative estimate of drug-likeness (QED) is 0.492. The summed E-state index contributed by atoms with van der Waals surface area (Å²) >= 11 is 0. The number of hydrogen-bond donors (Lipinski definition) is 1. The summed E-state index contributed by atoms with van der Waals surface area (Å²) in [5.41, 5.74) is 2.64. The fourth-order valence-corrected chi connectivity index (χ4v) is 0.982. The molecule has 0 aliphatic rings. The highest BCUT2D eigenvalue weighted by Gasteiger charge is 2.28. The minimum absolute atomic E-state index is 0.00729. The summed E-state index contributed by atoms with van der Waals surface area (Å²) in [5.74, 6) is 0.00729. The van der Waals surface area contributed by atoms with Crippen LogP contribution in [0.4, 0.5) is 18.9 Å². The van der Waals surface area contributed by atoms with Crippen LogP contribution >= 0.6 is 0 Å². The molecule has 0 fully saturated rings. The van der Waals surface area contributed by atoms with Gasteiger partial charge in [0.05, 0.1) is 11.9 Å². The smallest absolute Gasteiger partial charge is 0.422 e. The zero-order chi connectivity index (χ0) is 12.7. The van der Waals surface area contributed by atoms with E-state index >= 15 is 0 Å². The van der Waals surface area contributed by atoms with E-state index in [9.17, 15) is 18.0 Å². The van der Waals surface area contributed by atoms with Crippen molar-refractivity contribution in [3.05, 3.63) is 24.3 Å². The number of nitrogens with one attached hydrogen (secondary N) is 1. The zero-order valence-corrected chi connectivity index (χ0v) is 8.57. The van der Waals surface area contributed by atoms with Gasteiger partial charge in [-0.15, -0.1) is 0 Å². The molecule has 0 amide bonds. The topological polar surface area (TPSA) is 50.7 Å². The lowest BCUT2D eigenvalue weighted by Gasteiger charge is -2.12. The van der Waals surface area contributed by atoms with Crippen molar-refractivity contribution in [2.45, 2.75) is 6.18 Å². The van der Waals surface area contributed by atoms with Crippen LogP contribution in [0.25, 0.3) is 0 Å². The molecule has 17 heavy (non-hydrogen) atoms. The summed E-state index contributed by atoms with van der Waals surface area (Å²) in [6.45, 7) is -1.39. The molecule has 1 N–H and O–H groups in total. The van der Waals surface area contributed by atoms with E-state index in [1.165, 1.54) is 18.2 Å². The van der Waals surface area contributed by atoms with E-state index in [4.69, 9.17) is 0 Å². The monoisotopic (exact) mass is 246 g/mol. The first-order chi connectivity index (χ1) is 8.03. The predicted octanol–water partition coefficient (Wildman–Crippen LogP) is 2.22. The second kappa shape index (κ2) is 5.88. The summed E-state index contributed by atoms with van der Waals surface area (Å²) < 4.78 is 40.5. The van der Waals surface area contributed by atoms with Gasteiger partial charge >= 0.3 is 6.18 Å². The van der Waals surface area contributed by atoms with Crippen LogP contribution in [-0.2, 0) is 4.79 Å². The number of para-hydroxylation sites is 2. The number of rotatable bonds is 5. The summed E-state index contributed by atoms with van der Waals surface area (Å²) in [7, 11) is 0. The van der Waals surface area contributed by atoms with Gasteiger partial charge in [-0.25, -0.2) is 0 Å². The van der Waals surface area contributed by atoms with E-state index in [1.54, 1.807) is 6.07 Å². The fourth-order valence-electron chi connectivity index (χ4n) is 0.982. The second-order valence-corrected chi connectivity index (χ2v) is 2.93. The third-order valence-electron chi connectivity index (χ3n) is 1.60. The predicted molar refractivity (Wildman–Crippen MR) is 56.2 cm³/mol. The number of ether oxygens (including phenoxy) is 1. The Kier molecular flexibility index (Phi) is 4.50. The van der Waals surface area contributed by atoms with Crippen LogP contribution in [0.5, 0.6) is 5.75 Å². The molecule has 1 aromatic carbocycles. The number of alkyl halides is 3. The summed E-state index contributed by atoms with van der Waals surface area (Å²) in [6, 6.07) is 5.97. The van der Waals surface area contributed by atoms with E-state index in [0.29, 0.717) is 6.29 Å². The Morgan fingerprint density at radius 3 is 2.71 bits per heavy atom. The van der Waals surface area contributed by atoms with Crippen molar-refractivity contribution >= 4 is 18.2 Å². The van der Waals surface area contributed by atoms with E-state index in [0.717, 1.165) is 6.21 Å². The van der Waals surface area contributed by atoms with Gasteiger partial charge in [-0.1, -0.05) is 12.1 Å². The Morgan fingerprint density at radius 2 is 2.06 bits per heavy atom. The molecule has 0 atom stereocenters. The van der Waals surface area contributed by atoms with Gasteiger partial charge in [0.1, 0.15) is 5.75 Å². The molecular weight excluding hydrogens is 237 g/mol. The van der Waals surface area contributed by atoms with Gasteiger partial charge in [0.15, 0.2) is 12.9 Å². The molecule has 0 saturated carbocycles. The molecule has 0 spiro atoms. The van der Waals surface area contributed by atoms with E-state index in [1.807, 2.05) is 0 Å². The van der Waals surface area contributed by atoms with Crippen molar-refractivity contribution in [2.75, 3.05) is 12.0 Å². The van der Waals surface area contributed by atoms with Gasteiger partial charge in [-0.05, 0) is 12.1 Å². The van der Waals surface area contributed by atoms with Crippen LogP contribution in [-0.4, -0.2) is 25.3 Å². The molecule has 4 nitrogen and oxygen atoms in total. The molecule has 0 heterocycles. The Morgan fingerprint density at radius 1 is 1.35 bits per heavy atom. The van der Waals surface area contributed by atoms with Crippen LogP contribution in [0, 0.1) is 0 Å². The molecular formula is C10H9F3N2O2. The van der Waals surface area contributed by atoms with Crippen LogP contribution < -0.4 is 10.2 Å². The molecule has 0 saturated heterocycles. The number of nitrogens with zero attached hydrogens (tertiary/aromatic N) is 1. The van der Waals surface area contributed by atoms with Gasteiger partial charge in [0.2, 0.25) is 0 Å². The first kappa shape index (κ1) is 13.0. The largest absolute Gasteiger partial charge is 0.482 e. The lowest BCUT2D eigenvalue weighted by atomic mass is 10.3. The van der Waals surface area contributed by atoms with Crippen molar-refractivity contribution in [3.8, 4) is 5.75 Å². The second-order valence-electron chi connectivity index (χ2n) is 2.93. The Hall–Kier alpha value is -2.05. The van der Waals surface area contributed by atoms with E-state index < -0.39 is 12.8 Å². The minimum atomic E-state index is -4.40. The first-order valence-electron chi connectivity index (χ1n) is 4.54. The van der Waals surface area contributed by atoms with Gasteiger partial charge in [-0.3, -0.25) is 10.2 Å². The summed E-state index contributed by atoms with van der Waals surface area (Å²) in [4.78, 5) is 9.97. The van der Waals surface area contributed by atoms with Gasteiger partial charge < -0.3 is 4.74 Å². The molecule has 0 unspecified atom stereocenters. The maximum Gasteiger partial charge on any atom is 0.422 e. The number of hydrogen-bond acceptors (Lipinski definition) is 4. The molecule has 0 aromatic heterocycles. The van der Waals surface area contributed by atoms with Crippen LogP contribution in [0.3, 0.4) is 0 Å². The Bertz CT molecular complexity index is 405. The van der Waals surface area contributed by atoms with Crippen molar-refractivity contribution in [3.63, 3.8) is 0 Å². The molecule has 7 heteroatoms. The fraction of sp³-hybridized carbons (Fsp3) is 0.200. The highest BCUT2D eigenvalue weighted by atomic mass is 19.4. The van der Waals surface area contributed by atoms with Crippen LogP contribution in [0.15, 0.2) is 29.4 Å². The Balaban J connectivity index is 2.70. The normalized spacial score (nSPS) is 11.5. The molecule has 0 aliphatic carbocycles. The third-order valence-corrected chi connectivity index (χ3v) is 1.60. The molecule has 0 bridgehead atoms. The summed E-state index contributed by atoms with van der Waals surface area (Å²) in [6.07, 6.45) is -3.04.